The molecule has 2 heterocycles. The summed E-state index contributed by atoms with van der Waals surface area (Å²) in [6.07, 6.45) is -2.21. The van der Waals surface area contributed by atoms with E-state index in [-0.39, 0.29) is 23.2 Å². The third-order valence-electron chi connectivity index (χ3n) is 6.32. The van der Waals surface area contributed by atoms with E-state index in [0.29, 0.717) is 54.0 Å². The summed E-state index contributed by atoms with van der Waals surface area (Å²) in [6, 6.07) is 11.0. The van der Waals surface area contributed by atoms with Gasteiger partial charge in [0, 0.05) is 33.5 Å². The van der Waals surface area contributed by atoms with Gasteiger partial charge >= 0.3 is 6.18 Å². The molecule has 1 aliphatic heterocycles. The molecule has 0 radical (unpaired) electrons. The number of halogens is 3. The van der Waals surface area contributed by atoms with E-state index in [4.69, 9.17) is 8.85 Å². The van der Waals surface area contributed by atoms with E-state index >= 15 is 0 Å². The van der Waals surface area contributed by atoms with Crippen molar-refractivity contribution in [3.63, 3.8) is 0 Å². The van der Waals surface area contributed by atoms with E-state index in [1.54, 1.807) is 24.3 Å². The lowest BCUT2D eigenvalue weighted by atomic mass is 10.0. The summed E-state index contributed by atoms with van der Waals surface area (Å²) in [7, 11) is -2.03. The van der Waals surface area contributed by atoms with Gasteiger partial charge in [0.15, 0.2) is 9.84 Å². The molecule has 7 nitrogen and oxygen atoms in total. The van der Waals surface area contributed by atoms with Gasteiger partial charge in [0.25, 0.3) is 0 Å². The second-order valence-electron chi connectivity index (χ2n) is 9.16. The average Bonchev–Trinajstić information content (AvgIpc) is 3.22. The number of anilines is 2. The lowest BCUT2D eigenvalue weighted by Gasteiger charge is -2.30. The van der Waals surface area contributed by atoms with Crippen molar-refractivity contribution in [2.75, 3.05) is 50.6 Å². The van der Waals surface area contributed by atoms with Crippen LogP contribution in [-0.2, 0) is 16.4 Å². The topological polar surface area (TPSA) is 75.6 Å². The van der Waals surface area contributed by atoms with Gasteiger partial charge < -0.3 is 24.8 Å². The first-order valence-electron chi connectivity index (χ1n) is 13.5. The Balaban J connectivity index is 1.57. The molecule has 0 bridgehead atoms. The van der Waals surface area contributed by atoms with E-state index in [0.717, 1.165) is 10.8 Å². The number of nitrogens with one attached hydrogen (secondary N) is 2. The van der Waals surface area contributed by atoms with Gasteiger partial charge in [-0.1, -0.05) is 12.0 Å². The van der Waals surface area contributed by atoms with Gasteiger partial charge in [-0.05, 0) is 69.2 Å². The molecule has 1 aliphatic rings. The lowest BCUT2D eigenvalue weighted by Crippen LogP contribution is -2.36. The van der Waals surface area contributed by atoms with Gasteiger partial charge in [0.1, 0.15) is 12.3 Å². The summed E-state index contributed by atoms with van der Waals surface area (Å²) in [5.41, 5.74) is 1.71. The predicted molar refractivity (Wildman–Crippen MR) is 144 cm³/mol. The number of fused-ring (bicyclic) bond motifs is 1. The molecule has 2 N–H and O–H groups in total. The minimum atomic E-state index is -4.47. The third-order valence-corrected chi connectivity index (χ3v) is 7.43. The standard InChI is InChI=1S/C27H31F3N4O3S/c1-33-14-11-19(12-15-33)32-23-7-4-8-25-22(23)16-20(34(25)18-27(28,29)30)6-5-13-31-24-10-9-21(38(3,35)36)17-26(24)37-2/h4,7-10,16-17,19,31-32H,11-15,18H2,1-3H3/i1D3. The van der Waals surface area contributed by atoms with Crippen LogP contribution in [0.2, 0.25) is 0 Å². The Kier molecular flexibility index (Phi) is 6.98. The van der Waals surface area contributed by atoms with Crippen molar-refractivity contribution >= 4 is 32.1 Å². The molecule has 2 aromatic carbocycles. The van der Waals surface area contributed by atoms with Crippen LogP contribution in [-0.4, -0.2) is 70.1 Å². The molecular formula is C27H31F3N4O3S. The smallest absolute Gasteiger partial charge is 0.406 e. The van der Waals surface area contributed by atoms with E-state index in [9.17, 15) is 21.6 Å². The van der Waals surface area contributed by atoms with Crippen LogP contribution in [0.5, 0.6) is 5.75 Å². The third kappa shape index (κ3) is 6.74. The zero-order valence-electron chi connectivity index (χ0n) is 24.0. The number of sulfone groups is 1. The summed E-state index contributed by atoms with van der Waals surface area (Å²) < 4.78 is 93.4. The molecule has 1 aromatic heterocycles. The van der Waals surface area contributed by atoms with E-state index in [1.807, 2.05) is 0 Å². The van der Waals surface area contributed by atoms with Gasteiger partial charge in [-0.15, -0.1) is 0 Å². The second-order valence-corrected chi connectivity index (χ2v) is 11.2. The second kappa shape index (κ2) is 11.2. The Morgan fingerprint density at radius 2 is 1.92 bits per heavy atom. The van der Waals surface area contributed by atoms with Gasteiger partial charge in [0.2, 0.25) is 0 Å². The van der Waals surface area contributed by atoms with Crippen molar-refractivity contribution in [3.05, 3.63) is 48.2 Å². The number of piperidine rings is 1. The molecule has 0 unspecified atom stereocenters. The highest BCUT2D eigenvalue weighted by molar-refractivity contribution is 7.90. The van der Waals surface area contributed by atoms with Gasteiger partial charge in [-0.3, -0.25) is 0 Å². The van der Waals surface area contributed by atoms with E-state index in [1.165, 1.54) is 30.2 Å². The molecule has 1 fully saturated rings. The van der Waals surface area contributed by atoms with Gasteiger partial charge in [0.05, 0.1) is 35.4 Å². The van der Waals surface area contributed by atoms with Crippen LogP contribution in [0.3, 0.4) is 0 Å². The Labute approximate surface area is 225 Å². The highest BCUT2D eigenvalue weighted by atomic mass is 32.2. The molecule has 204 valence electrons. The SMILES string of the molecule is [2H]C([2H])([2H])N1CCC(Nc2cccc3c2cc(C#CCNc2ccc(S(C)(=O)=O)cc2OC)n3CC(F)(F)F)CC1. The number of benzene rings is 2. The maximum atomic E-state index is 13.5. The normalized spacial score (nSPS) is 16.7. The summed E-state index contributed by atoms with van der Waals surface area (Å²) >= 11 is 0. The number of likely N-dealkylation sites (tertiary alicyclic amines) is 1. The fourth-order valence-corrected chi connectivity index (χ4v) is 5.07. The van der Waals surface area contributed by atoms with Gasteiger partial charge in [-0.2, -0.15) is 13.2 Å². The molecule has 0 spiro atoms. The predicted octanol–water partition coefficient (Wildman–Crippen LogP) is 4.59. The Hall–Kier alpha value is -3.36. The number of rotatable bonds is 7. The van der Waals surface area contributed by atoms with Crippen molar-refractivity contribution < 1.29 is 30.4 Å². The highest BCUT2D eigenvalue weighted by Gasteiger charge is 2.30. The van der Waals surface area contributed by atoms with Crippen molar-refractivity contribution in [1.29, 1.82) is 0 Å². The maximum absolute atomic E-state index is 13.5. The first-order chi connectivity index (χ1) is 19.2. The van der Waals surface area contributed by atoms with Crippen molar-refractivity contribution in [1.82, 2.24) is 9.47 Å². The number of methoxy groups -OCH3 is 1. The number of ether oxygens (including phenoxy) is 1. The molecule has 11 heteroatoms. The van der Waals surface area contributed by atoms with Crippen LogP contribution in [0.1, 0.15) is 22.6 Å². The number of hydrogen-bond donors (Lipinski definition) is 2. The highest BCUT2D eigenvalue weighted by Crippen LogP contribution is 2.31. The summed E-state index contributed by atoms with van der Waals surface area (Å²) in [5, 5.41) is 6.99. The molecule has 0 saturated carbocycles. The van der Waals surface area contributed by atoms with Crippen molar-refractivity contribution in [2.45, 2.75) is 36.5 Å². The summed E-state index contributed by atoms with van der Waals surface area (Å²) in [5.74, 6) is 5.98. The number of nitrogens with zero attached hydrogens (tertiary/aromatic N) is 2. The zero-order chi connectivity index (χ0) is 30.0. The van der Waals surface area contributed by atoms with Crippen LogP contribution in [0.25, 0.3) is 10.9 Å². The Bertz CT molecular complexity index is 1570. The average molecular weight is 552 g/mol. The Morgan fingerprint density at radius 1 is 1.16 bits per heavy atom. The molecule has 1 saturated heterocycles. The number of alkyl halides is 3. The largest absolute Gasteiger partial charge is 0.495 e. The van der Waals surface area contributed by atoms with Crippen molar-refractivity contribution in [2.24, 2.45) is 0 Å². The monoisotopic (exact) mass is 551 g/mol. The van der Waals surface area contributed by atoms with Crippen LogP contribution in [0, 0.1) is 11.8 Å². The first-order valence-corrected chi connectivity index (χ1v) is 13.9. The molecule has 0 amide bonds. The van der Waals surface area contributed by atoms with Crippen LogP contribution < -0.4 is 15.4 Å². The molecule has 4 rings (SSSR count). The minimum Gasteiger partial charge on any atom is -0.495 e. The first kappa shape index (κ1) is 23.7. The molecular weight excluding hydrogens is 517 g/mol. The van der Waals surface area contributed by atoms with E-state index < -0.39 is 29.5 Å². The lowest BCUT2D eigenvalue weighted by molar-refractivity contribution is -0.140. The minimum absolute atomic E-state index is 0.0204. The fourth-order valence-electron chi connectivity index (χ4n) is 4.43. The van der Waals surface area contributed by atoms with Crippen LogP contribution in [0.15, 0.2) is 47.4 Å². The molecule has 3 aromatic rings. The van der Waals surface area contributed by atoms with Crippen LogP contribution in [0.4, 0.5) is 24.5 Å². The quantitative estimate of drug-likeness (QED) is 0.419. The summed E-state index contributed by atoms with van der Waals surface area (Å²) in [4.78, 5) is 1.54. The molecule has 38 heavy (non-hydrogen) atoms. The summed E-state index contributed by atoms with van der Waals surface area (Å²) in [6.45, 7) is -2.51. The fraction of sp³-hybridized carbons (Fsp3) is 0.407. The van der Waals surface area contributed by atoms with E-state index in [2.05, 4.69) is 22.5 Å². The molecule has 0 atom stereocenters. The van der Waals surface area contributed by atoms with Gasteiger partial charge in [-0.25, -0.2) is 8.42 Å². The number of hydrogen-bond acceptors (Lipinski definition) is 6. The van der Waals surface area contributed by atoms with Crippen LogP contribution >= 0.6 is 0 Å². The zero-order valence-corrected chi connectivity index (χ0v) is 21.8. The van der Waals surface area contributed by atoms with Crippen molar-refractivity contribution in [3.8, 4) is 17.6 Å². The maximum Gasteiger partial charge on any atom is 0.406 e. The Morgan fingerprint density at radius 3 is 2.58 bits per heavy atom. The number of aromatic nitrogens is 1. The molecule has 0 aliphatic carbocycles.